The molecule has 4 heteroatoms. The quantitative estimate of drug-likeness (QED) is 0.786. The summed E-state index contributed by atoms with van der Waals surface area (Å²) >= 11 is 9.49. The Hall–Kier alpha value is -0.500. The minimum Gasteiger partial charge on any atom is -0.198 e. The molecule has 14 heavy (non-hydrogen) atoms. The molecule has 0 bridgehead atoms. The van der Waals surface area contributed by atoms with Gasteiger partial charge in [-0.05, 0) is 18.2 Å². The molecule has 0 saturated carbocycles. The molecule has 0 aliphatic carbocycles. The van der Waals surface area contributed by atoms with Crippen molar-refractivity contribution in [3.8, 4) is 6.07 Å². The van der Waals surface area contributed by atoms with Gasteiger partial charge in [0, 0.05) is 24.3 Å². The molecule has 70 valence electrons. The number of thiol groups is 1. The van der Waals surface area contributed by atoms with Crippen molar-refractivity contribution in [1.29, 1.82) is 5.26 Å². The standard InChI is InChI=1S/C10H6BrNS2/c11-6-1-2-8-7(5-6)10(13)9(14-8)3-4-12/h1-2,5,13H,3H2. The van der Waals surface area contributed by atoms with Crippen LogP contribution in [-0.2, 0) is 6.42 Å². The van der Waals surface area contributed by atoms with E-state index in [0.717, 1.165) is 19.6 Å². The van der Waals surface area contributed by atoms with Crippen LogP contribution in [0.5, 0.6) is 0 Å². The number of benzene rings is 1. The third-order valence-corrected chi connectivity index (χ3v) is 4.26. The molecule has 0 aliphatic heterocycles. The van der Waals surface area contributed by atoms with E-state index in [0.29, 0.717) is 6.42 Å². The molecule has 0 fully saturated rings. The SMILES string of the molecule is N#CCc1sc2ccc(Br)cc2c1S. The van der Waals surface area contributed by atoms with E-state index < -0.39 is 0 Å². The Morgan fingerprint density at radius 2 is 2.29 bits per heavy atom. The summed E-state index contributed by atoms with van der Waals surface area (Å²) in [5.41, 5.74) is 0. The summed E-state index contributed by atoms with van der Waals surface area (Å²) in [4.78, 5) is 1.98. The Labute approximate surface area is 99.9 Å². The van der Waals surface area contributed by atoms with Crippen molar-refractivity contribution in [1.82, 2.24) is 0 Å². The molecule has 0 N–H and O–H groups in total. The van der Waals surface area contributed by atoms with E-state index in [1.54, 1.807) is 11.3 Å². The lowest BCUT2D eigenvalue weighted by Crippen LogP contribution is -1.74. The van der Waals surface area contributed by atoms with E-state index in [2.05, 4.69) is 34.6 Å². The summed E-state index contributed by atoms with van der Waals surface area (Å²) in [6.07, 6.45) is 0.440. The highest BCUT2D eigenvalue weighted by molar-refractivity contribution is 9.10. The predicted molar refractivity (Wildman–Crippen MR) is 66.1 cm³/mol. The summed E-state index contributed by atoms with van der Waals surface area (Å²) in [5, 5.41) is 9.76. The van der Waals surface area contributed by atoms with Crippen molar-refractivity contribution in [3.63, 3.8) is 0 Å². The first kappa shape index (κ1) is 10.0. The fourth-order valence-electron chi connectivity index (χ4n) is 1.30. The van der Waals surface area contributed by atoms with Crippen molar-refractivity contribution >= 4 is 50.0 Å². The molecular formula is C10H6BrNS2. The molecule has 0 unspecified atom stereocenters. The van der Waals surface area contributed by atoms with Gasteiger partial charge in [-0.2, -0.15) is 5.26 Å². The average Bonchev–Trinajstić information content (AvgIpc) is 2.46. The van der Waals surface area contributed by atoms with Crippen LogP contribution in [0.1, 0.15) is 4.88 Å². The first-order valence-electron chi connectivity index (χ1n) is 3.99. The Balaban J connectivity index is 2.69. The third kappa shape index (κ3) is 1.68. The molecule has 0 saturated heterocycles. The number of hydrogen-bond acceptors (Lipinski definition) is 3. The van der Waals surface area contributed by atoms with Crippen molar-refractivity contribution < 1.29 is 0 Å². The zero-order chi connectivity index (χ0) is 10.1. The van der Waals surface area contributed by atoms with E-state index in [9.17, 15) is 0 Å². The highest BCUT2D eigenvalue weighted by Crippen LogP contribution is 2.35. The molecule has 0 amide bonds. The normalized spacial score (nSPS) is 10.4. The van der Waals surface area contributed by atoms with Crippen molar-refractivity contribution in [2.24, 2.45) is 0 Å². The maximum absolute atomic E-state index is 8.64. The average molecular weight is 284 g/mol. The van der Waals surface area contributed by atoms with Gasteiger partial charge in [-0.25, -0.2) is 0 Å². The largest absolute Gasteiger partial charge is 0.198 e. The predicted octanol–water partition coefficient (Wildman–Crippen LogP) is 4.02. The second-order valence-corrected chi connectivity index (χ2v) is 5.35. The van der Waals surface area contributed by atoms with E-state index in [4.69, 9.17) is 5.26 Å². The molecule has 1 aromatic carbocycles. The molecule has 2 aromatic rings. The minimum absolute atomic E-state index is 0.440. The van der Waals surface area contributed by atoms with Crippen molar-refractivity contribution in [3.05, 3.63) is 27.5 Å². The van der Waals surface area contributed by atoms with E-state index >= 15 is 0 Å². The van der Waals surface area contributed by atoms with Gasteiger partial charge in [0.1, 0.15) is 0 Å². The molecule has 0 atom stereocenters. The molecule has 1 heterocycles. The van der Waals surface area contributed by atoms with Crippen LogP contribution in [-0.4, -0.2) is 0 Å². The first-order valence-corrected chi connectivity index (χ1v) is 6.05. The third-order valence-electron chi connectivity index (χ3n) is 1.93. The van der Waals surface area contributed by atoms with Gasteiger partial charge in [-0.1, -0.05) is 15.9 Å². The summed E-state index contributed by atoms with van der Waals surface area (Å²) in [6.45, 7) is 0. The molecular weight excluding hydrogens is 278 g/mol. The van der Waals surface area contributed by atoms with Crippen LogP contribution in [0.3, 0.4) is 0 Å². The van der Waals surface area contributed by atoms with Crippen LogP contribution < -0.4 is 0 Å². The number of hydrogen-bond donors (Lipinski definition) is 1. The van der Waals surface area contributed by atoms with E-state index in [-0.39, 0.29) is 0 Å². The number of fused-ring (bicyclic) bond motifs is 1. The number of thiophene rings is 1. The van der Waals surface area contributed by atoms with Gasteiger partial charge in [-0.15, -0.1) is 24.0 Å². The summed E-state index contributed by atoms with van der Waals surface area (Å²) in [5.74, 6) is 0. The molecule has 0 aliphatic rings. The van der Waals surface area contributed by atoms with Crippen LogP contribution in [0.15, 0.2) is 27.6 Å². The number of rotatable bonds is 1. The van der Waals surface area contributed by atoms with Gasteiger partial charge in [-0.3, -0.25) is 0 Å². The Morgan fingerprint density at radius 3 is 3.00 bits per heavy atom. The zero-order valence-corrected chi connectivity index (χ0v) is 10.4. The highest BCUT2D eigenvalue weighted by Gasteiger charge is 2.08. The fraction of sp³-hybridized carbons (Fsp3) is 0.100. The highest BCUT2D eigenvalue weighted by atomic mass is 79.9. The van der Waals surface area contributed by atoms with Crippen LogP contribution in [0.2, 0.25) is 0 Å². The van der Waals surface area contributed by atoms with Crippen LogP contribution >= 0.6 is 39.9 Å². The molecule has 2 rings (SSSR count). The molecule has 0 radical (unpaired) electrons. The lowest BCUT2D eigenvalue weighted by atomic mass is 10.2. The summed E-state index contributed by atoms with van der Waals surface area (Å²) < 4.78 is 2.23. The van der Waals surface area contributed by atoms with Gasteiger partial charge in [0.05, 0.1) is 12.5 Å². The van der Waals surface area contributed by atoms with Crippen molar-refractivity contribution in [2.75, 3.05) is 0 Å². The van der Waals surface area contributed by atoms with Gasteiger partial charge in [0.15, 0.2) is 0 Å². The number of halogens is 1. The van der Waals surface area contributed by atoms with Crippen molar-refractivity contribution in [2.45, 2.75) is 11.3 Å². The Bertz CT molecular complexity index is 525. The van der Waals surface area contributed by atoms with Gasteiger partial charge >= 0.3 is 0 Å². The topological polar surface area (TPSA) is 23.8 Å². The second kappa shape index (κ2) is 3.93. The van der Waals surface area contributed by atoms with Crippen LogP contribution in [0, 0.1) is 11.3 Å². The molecule has 0 spiro atoms. The molecule has 1 nitrogen and oxygen atoms in total. The van der Waals surface area contributed by atoms with E-state index in [1.807, 2.05) is 18.2 Å². The molecule has 1 aromatic heterocycles. The fourth-order valence-corrected chi connectivity index (χ4v) is 3.15. The van der Waals surface area contributed by atoms with Crippen LogP contribution in [0.25, 0.3) is 10.1 Å². The van der Waals surface area contributed by atoms with Gasteiger partial charge in [0.2, 0.25) is 0 Å². The Morgan fingerprint density at radius 1 is 1.50 bits per heavy atom. The van der Waals surface area contributed by atoms with E-state index in [1.165, 1.54) is 4.70 Å². The maximum Gasteiger partial charge on any atom is 0.0707 e. The van der Waals surface area contributed by atoms with Gasteiger partial charge in [0.25, 0.3) is 0 Å². The maximum atomic E-state index is 8.64. The van der Waals surface area contributed by atoms with Crippen LogP contribution in [0.4, 0.5) is 0 Å². The lowest BCUT2D eigenvalue weighted by molar-refractivity contribution is 1.27. The summed E-state index contributed by atoms with van der Waals surface area (Å²) in [7, 11) is 0. The zero-order valence-electron chi connectivity index (χ0n) is 7.12. The number of nitriles is 1. The minimum atomic E-state index is 0.440. The summed E-state index contributed by atoms with van der Waals surface area (Å²) in [6, 6.07) is 8.24. The lowest BCUT2D eigenvalue weighted by Gasteiger charge is -1.92. The number of nitrogens with zero attached hydrogens (tertiary/aromatic N) is 1. The van der Waals surface area contributed by atoms with Gasteiger partial charge < -0.3 is 0 Å². The monoisotopic (exact) mass is 283 g/mol. The Kier molecular flexibility index (Phi) is 2.82. The smallest absolute Gasteiger partial charge is 0.0707 e. The second-order valence-electron chi connectivity index (χ2n) is 2.85. The first-order chi connectivity index (χ1) is 6.72.